The van der Waals surface area contributed by atoms with Crippen LogP contribution in [0.1, 0.15) is 11.1 Å². The fraction of sp³-hybridized carbons (Fsp3) is 0.111. The van der Waals surface area contributed by atoms with Crippen molar-refractivity contribution in [1.29, 1.82) is 0 Å². The first-order chi connectivity index (χ1) is 11.5. The van der Waals surface area contributed by atoms with Gasteiger partial charge in [-0.25, -0.2) is 4.39 Å². The lowest BCUT2D eigenvalue weighted by Gasteiger charge is -2.14. The molecule has 2 aromatic carbocycles. The largest absolute Gasteiger partial charge is 0.273 e. The summed E-state index contributed by atoms with van der Waals surface area (Å²) in [5, 5.41) is 0.484. The first-order valence-electron chi connectivity index (χ1n) is 7.23. The molecule has 24 heavy (non-hydrogen) atoms. The Bertz CT molecular complexity index is 829. The molecule has 0 radical (unpaired) electrons. The van der Waals surface area contributed by atoms with Crippen molar-refractivity contribution in [3.63, 3.8) is 0 Å². The Balaban J connectivity index is 1.78. The van der Waals surface area contributed by atoms with Crippen LogP contribution in [0.5, 0.6) is 0 Å². The van der Waals surface area contributed by atoms with E-state index in [1.54, 1.807) is 12.1 Å². The van der Waals surface area contributed by atoms with E-state index in [0.29, 0.717) is 17.0 Å². The van der Waals surface area contributed by atoms with E-state index in [0.717, 1.165) is 10.5 Å². The fourth-order valence-electron chi connectivity index (χ4n) is 2.51. The number of imide groups is 1. The average molecular weight is 364 g/mol. The highest BCUT2D eigenvalue weighted by molar-refractivity contribution is 6.55. The summed E-state index contributed by atoms with van der Waals surface area (Å²) in [6.07, 6.45) is 0.496. The third kappa shape index (κ3) is 3.21. The Morgan fingerprint density at radius 1 is 0.875 bits per heavy atom. The zero-order valence-corrected chi connectivity index (χ0v) is 13.9. The minimum atomic E-state index is -0.532. The van der Waals surface area contributed by atoms with Crippen LogP contribution >= 0.6 is 23.2 Å². The van der Waals surface area contributed by atoms with Gasteiger partial charge in [-0.2, -0.15) is 0 Å². The minimum absolute atomic E-state index is 0.109. The summed E-state index contributed by atoms with van der Waals surface area (Å²) < 4.78 is 13.0. The van der Waals surface area contributed by atoms with E-state index in [2.05, 4.69) is 0 Å². The smallest absolute Gasteiger partial charge is 0.273 e. The molecule has 0 atom stereocenters. The van der Waals surface area contributed by atoms with Crippen LogP contribution < -0.4 is 0 Å². The molecule has 1 heterocycles. The Labute approximate surface area is 148 Å². The second-order valence-electron chi connectivity index (χ2n) is 5.33. The van der Waals surface area contributed by atoms with Gasteiger partial charge in [-0.3, -0.25) is 14.5 Å². The Morgan fingerprint density at radius 3 is 2.12 bits per heavy atom. The summed E-state index contributed by atoms with van der Waals surface area (Å²) >= 11 is 11.9. The van der Waals surface area contributed by atoms with Gasteiger partial charge in [-0.1, -0.05) is 47.5 Å². The molecule has 0 aromatic heterocycles. The van der Waals surface area contributed by atoms with E-state index in [4.69, 9.17) is 23.2 Å². The van der Waals surface area contributed by atoms with Gasteiger partial charge in [0, 0.05) is 11.6 Å². The minimum Gasteiger partial charge on any atom is -0.273 e. The van der Waals surface area contributed by atoms with Gasteiger partial charge in [0.25, 0.3) is 11.8 Å². The molecular weight excluding hydrogens is 352 g/mol. The van der Waals surface area contributed by atoms with Crippen molar-refractivity contribution in [3.8, 4) is 0 Å². The summed E-state index contributed by atoms with van der Waals surface area (Å²) in [6.45, 7) is 0.209. The van der Waals surface area contributed by atoms with Gasteiger partial charge < -0.3 is 0 Å². The van der Waals surface area contributed by atoms with Crippen LogP contribution in [0.2, 0.25) is 5.02 Å². The number of amides is 2. The Morgan fingerprint density at radius 2 is 1.50 bits per heavy atom. The number of hydrogen-bond donors (Lipinski definition) is 0. The maximum atomic E-state index is 13.0. The molecule has 0 spiro atoms. The first-order valence-corrected chi connectivity index (χ1v) is 7.99. The van der Waals surface area contributed by atoms with E-state index in [-0.39, 0.29) is 17.2 Å². The zero-order chi connectivity index (χ0) is 17.3. The lowest BCUT2D eigenvalue weighted by atomic mass is 10.1. The molecule has 122 valence electrons. The van der Waals surface area contributed by atoms with Crippen LogP contribution in [0, 0.1) is 5.82 Å². The molecule has 0 saturated heterocycles. The Hall–Kier alpha value is -2.17. The molecule has 3 nitrogen and oxygen atoms in total. The maximum Gasteiger partial charge on any atom is 0.273 e. The van der Waals surface area contributed by atoms with Crippen molar-refractivity contribution in [2.45, 2.75) is 6.42 Å². The number of benzene rings is 2. The van der Waals surface area contributed by atoms with Gasteiger partial charge in [0.15, 0.2) is 0 Å². The predicted molar refractivity (Wildman–Crippen MR) is 91.0 cm³/mol. The molecule has 6 heteroatoms. The number of rotatable bonds is 4. The summed E-state index contributed by atoms with van der Waals surface area (Å²) in [5.41, 5.74) is 1.48. The number of carbonyl (C=O) groups is 2. The second kappa shape index (κ2) is 6.75. The predicted octanol–water partition coefficient (Wildman–Crippen LogP) is 4.04. The van der Waals surface area contributed by atoms with Gasteiger partial charge in [0.1, 0.15) is 10.8 Å². The van der Waals surface area contributed by atoms with Crippen LogP contribution in [0.4, 0.5) is 4.39 Å². The van der Waals surface area contributed by atoms with Gasteiger partial charge in [-0.05, 0) is 41.8 Å². The number of halogens is 3. The first kappa shape index (κ1) is 16.7. The molecular formula is C18H12Cl2FNO2. The molecule has 1 aliphatic heterocycles. The standard InChI is InChI=1S/C18H12Cl2FNO2/c19-13-5-1-11(2-6-13)9-10-22-17(23)15(16(20)18(22)24)12-3-7-14(21)8-4-12/h1-8H,9-10H2. The van der Waals surface area contributed by atoms with Gasteiger partial charge >= 0.3 is 0 Å². The highest BCUT2D eigenvalue weighted by Crippen LogP contribution is 2.31. The highest BCUT2D eigenvalue weighted by Gasteiger charge is 2.37. The molecule has 0 aliphatic carbocycles. The maximum absolute atomic E-state index is 13.0. The monoisotopic (exact) mass is 363 g/mol. The molecule has 1 aliphatic rings. The van der Waals surface area contributed by atoms with Crippen LogP contribution in [0.25, 0.3) is 5.57 Å². The van der Waals surface area contributed by atoms with Crippen LogP contribution in [-0.4, -0.2) is 23.3 Å². The number of nitrogens with zero attached hydrogens (tertiary/aromatic N) is 1. The van der Waals surface area contributed by atoms with Crippen molar-refractivity contribution in [2.24, 2.45) is 0 Å². The topological polar surface area (TPSA) is 37.4 Å². The van der Waals surface area contributed by atoms with Crippen molar-refractivity contribution in [1.82, 2.24) is 4.90 Å². The normalized spacial score (nSPS) is 14.7. The van der Waals surface area contributed by atoms with E-state index in [9.17, 15) is 14.0 Å². The summed E-state index contributed by atoms with van der Waals surface area (Å²) in [4.78, 5) is 25.9. The SMILES string of the molecule is O=C1C(Cl)=C(c2ccc(F)cc2)C(=O)N1CCc1ccc(Cl)cc1. The van der Waals surface area contributed by atoms with E-state index < -0.39 is 17.6 Å². The summed E-state index contributed by atoms with van der Waals surface area (Å²) in [7, 11) is 0. The second-order valence-corrected chi connectivity index (χ2v) is 6.15. The number of carbonyl (C=O) groups excluding carboxylic acids is 2. The van der Waals surface area contributed by atoms with Crippen molar-refractivity contribution in [2.75, 3.05) is 6.54 Å². The summed E-state index contributed by atoms with van der Waals surface area (Å²) in [5.74, 6) is -1.42. The summed E-state index contributed by atoms with van der Waals surface area (Å²) in [6, 6.07) is 12.5. The van der Waals surface area contributed by atoms with E-state index in [1.165, 1.54) is 24.3 Å². The molecule has 0 bridgehead atoms. The molecule has 0 saturated carbocycles. The molecule has 0 fully saturated rings. The highest BCUT2D eigenvalue weighted by atomic mass is 35.5. The van der Waals surface area contributed by atoms with Gasteiger partial charge in [-0.15, -0.1) is 0 Å². The lowest BCUT2D eigenvalue weighted by Crippen LogP contribution is -2.33. The van der Waals surface area contributed by atoms with E-state index >= 15 is 0 Å². The fourth-order valence-corrected chi connectivity index (χ4v) is 2.93. The van der Waals surface area contributed by atoms with Crippen LogP contribution in [-0.2, 0) is 16.0 Å². The third-order valence-corrected chi connectivity index (χ3v) is 4.38. The molecule has 0 unspecified atom stereocenters. The van der Waals surface area contributed by atoms with Gasteiger partial charge in [0.2, 0.25) is 0 Å². The van der Waals surface area contributed by atoms with Crippen molar-refractivity contribution in [3.05, 3.63) is 75.5 Å². The average Bonchev–Trinajstić information content (AvgIpc) is 2.78. The van der Waals surface area contributed by atoms with Crippen molar-refractivity contribution < 1.29 is 14.0 Å². The quantitative estimate of drug-likeness (QED) is 0.768. The molecule has 0 N–H and O–H groups in total. The molecule has 3 rings (SSSR count). The molecule has 2 amide bonds. The van der Waals surface area contributed by atoms with Gasteiger partial charge in [0.05, 0.1) is 5.57 Å². The van der Waals surface area contributed by atoms with E-state index in [1.807, 2.05) is 12.1 Å². The number of hydrogen-bond acceptors (Lipinski definition) is 2. The van der Waals surface area contributed by atoms with Crippen LogP contribution in [0.3, 0.4) is 0 Å². The lowest BCUT2D eigenvalue weighted by molar-refractivity contribution is -0.136. The van der Waals surface area contributed by atoms with Crippen LogP contribution in [0.15, 0.2) is 53.6 Å². The van der Waals surface area contributed by atoms with Crippen molar-refractivity contribution >= 4 is 40.6 Å². The Kier molecular flexibility index (Phi) is 4.69. The third-order valence-electron chi connectivity index (χ3n) is 3.78. The molecule has 2 aromatic rings. The zero-order valence-electron chi connectivity index (χ0n) is 12.4.